The Morgan fingerprint density at radius 3 is 2.19 bits per heavy atom. The maximum absolute atomic E-state index is 11.9. The number of allylic oxidation sites excluding steroid dienone is 2. The first-order chi connectivity index (χ1) is 12.4. The normalized spacial score (nSPS) is 11.2. The van der Waals surface area contributed by atoms with Crippen molar-refractivity contribution in [2.24, 2.45) is 0 Å². The molecule has 0 aliphatic carbocycles. The fraction of sp³-hybridized carbons (Fsp3) is 0.100. The Balaban J connectivity index is 2.00. The lowest BCUT2D eigenvalue weighted by molar-refractivity contribution is -0.121. The fourth-order valence-electron chi connectivity index (χ4n) is 2.15. The van der Waals surface area contributed by atoms with E-state index in [9.17, 15) is 19.8 Å². The SMILES string of the molecule is COc1cc(O)ccc1C=CC(=O)CC(=O)C=Cc1cc(O)ccc1Br. The zero-order chi connectivity index (χ0) is 19.1. The van der Waals surface area contributed by atoms with Gasteiger partial charge in [0, 0.05) is 16.1 Å². The molecule has 5 nitrogen and oxygen atoms in total. The molecule has 0 unspecified atom stereocenters. The number of carbonyl (C=O) groups is 2. The summed E-state index contributed by atoms with van der Waals surface area (Å²) in [4.78, 5) is 23.9. The van der Waals surface area contributed by atoms with Crippen molar-refractivity contribution < 1.29 is 24.5 Å². The number of phenolic OH excluding ortho intramolecular Hbond substituents is 2. The Hall–Kier alpha value is -2.86. The van der Waals surface area contributed by atoms with Gasteiger partial charge >= 0.3 is 0 Å². The summed E-state index contributed by atoms with van der Waals surface area (Å²) in [7, 11) is 1.46. The molecular formula is C20H17BrO5. The van der Waals surface area contributed by atoms with E-state index < -0.39 is 0 Å². The van der Waals surface area contributed by atoms with E-state index in [1.807, 2.05) is 0 Å². The molecule has 0 saturated carbocycles. The maximum Gasteiger partial charge on any atom is 0.163 e. The molecule has 0 aromatic heterocycles. The van der Waals surface area contributed by atoms with Crippen LogP contribution in [-0.2, 0) is 9.59 Å². The van der Waals surface area contributed by atoms with Gasteiger partial charge in [0.25, 0.3) is 0 Å². The third-order valence-corrected chi connectivity index (χ3v) is 4.16. The molecular weight excluding hydrogens is 400 g/mol. The lowest BCUT2D eigenvalue weighted by Crippen LogP contribution is -2.02. The molecule has 0 fully saturated rings. The molecule has 0 bridgehead atoms. The highest BCUT2D eigenvalue weighted by Gasteiger charge is 2.06. The highest BCUT2D eigenvalue weighted by Crippen LogP contribution is 2.25. The molecule has 134 valence electrons. The Bertz CT molecular complexity index is 884. The molecule has 0 saturated heterocycles. The summed E-state index contributed by atoms with van der Waals surface area (Å²) in [6, 6.07) is 9.22. The average Bonchev–Trinajstić information content (AvgIpc) is 2.61. The van der Waals surface area contributed by atoms with Gasteiger partial charge in [0.05, 0.1) is 13.5 Å². The lowest BCUT2D eigenvalue weighted by Gasteiger charge is -2.04. The second-order valence-corrected chi connectivity index (χ2v) is 6.26. The van der Waals surface area contributed by atoms with Crippen LogP contribution in [0.2, 0.25) is 0 Å². The number of aromatic hydroxyl groups is 2. The number of rotatable bonds is 7. The average molecular weight is 417 g/mol. The number of hydrogen-bond acceptors (Lipinski definition) is 5. The van der Waals surface area contributed by atoms with Crippen LogP contribution in [0.3, 0.4) is 0 Å². The van der Waals surface area contributed by atoms with Crippen LogP contribution in [0, 0.1) is 0 Å². The standard InChI is InChI=1S/C20H17BrO5/c1-26-20-12-18(25)6-3-13(20)2-5-16(23)11-17(24)7-4-14-10-15(22)8-9-19(14)21/h2-10,12,22,25H,11H2,1H3. The highest BCUT2D eigenvalue weighted by molar-refractivity contribution is 9.10. The van der Waals surface area contributed by atoms with Crippen molar-refractivity contribution in [2.45, 2.75) is 6.42 Å². The first-order valence-corrected chi connectivity index (χ1v) is 8.45. The molecule has 2 aromatic carbocycles. The number of hydrogen-bond donors (Lipinski definition) is 2. The zero-order valence-electron chi connectivity index (χ0n) is 14.0. The van der Waals surface area contributed by atoms with Crippen LogP contribution in [0.1, 0.15) is 17.5 Å². The van der Waals surface area contributed by atoms with Crippen LogP contribution in [-0.4, -0.2) is 28.9 Å². The van der Waals surface area contributed by atoms with Crippen LogP contribution in [0.25, 0.3) is 12.2 Å². The summed E-state index contributed by atoms with van der Waals surface area (Å²) >= 11 is 3.32. The van der Waals surface area contributed by atoms with Gasteiger partial charge in [0.2, 0.25) is 0 Å². The molecule has 2 N–H and O–H groups in total. The molecule has 0 aliphatic rings. The van der Waals surface area contributed by atoms with E-state index in [4.69, 9.17) is 4.74 Å². The van der Waals surface area contributed by atoms with E-state index in [1.54, 1.807) is 12.1 Å². The smallest absolute Gasteiger partial charge is 0.163 e. The van der Waals surface area contributed by atoms with Crippen molar-refractivity contribution in [3.63, 3.8) is 0 Å². The molecule has 2 aromatic rings. The molecule has 6 heteroatoms. The number of ketones is 2. The molecule has 0 atom stereocenters. The molecule has 0 aliphatic heterocycles. The molecule has 0 spiro atoms. The van der Waals surface area contributed by atoms with Crippen molar-refractivity contribution in [3.05, 3.63) is 64.1 Å². The molecule has 0 radical (unpaired) electrons. The molecule has 2 rings (SSSR count). The minimum absolute atomic E-state index is 0.0590. The van der Waals surface area contributed by atoms with Crippen molar-refractivity contribution in [1.82, 2.24) is 0 Å². The Morgan fingerprint density at radius 2 is 1.54 bits per heavy atom. The summed E-state index contributed by atoms with van der Waals surface area (Å²) in [6.45, 7) is 0. The van der Waals surface area contributed by atoms with E-state index in [1.165, 1.54) is 55.7 Å². The fourth-order valence-corrected chi connectivity index (χ4v) is 2.53. The van der Waals surface area contributed by atoms with E-state index in [-0.39, 0.29) is 29.5 Å². The third-order valence-electron chi connectivity index (χ3n) is 3.44. The van der Waals surface area contributed by atoms with Crippen LogP contribution in [0.5, 0.6) is 17.2 Å². The van der Waals surface area contributed by atoms with Gasteiger partial charge in [-0.05, 0) is 54.1 Å². The Morgan fingerprint density at radius 1 is 0.962 bits per heavy atom. The van der Waals surface area contributed by atoms with E-state index in [0.717, 1.165) is 4.47 Å². The molecule has 26 heavy (non-hydrogen) atoms. The van der Waals surface area contributed by atoms with Crippen molar-refractivity contribution in [3.8, 4) is 17.2 Å². The summed E-state index contributed by atoms with van der Waals surface area (Å²) in [6.07, 6.45) is 5.39. The monoisotopic (exact) mass is 416 g/mol. The Kier molecular flexibility index (Phi) is 6.74. The number of ether oxygens (including phenoxy) is 1. The summed E-state index contributed by atoms with van der Waals surface area (Å²) < 4.78 is 5.85. The van der Waals surface area contributed by atoms with Gasteiger partial charge in [-0.1, -0.05) is 22.0 Å². The van der Waals surface area contributed by atoms with Crippen LogP contribution >= 0.6 is 15.9 Å². The number of carbonyl (C=O) groups excluding carboxylic acids is 2. The molecule has 0 amide bonds. The molecule has 0 heterocycles. The highest BCUT2D eigenvalue weighted by atomic mass is 79.9. The van der Waals surface area contributed by atoms with Gasteiger partial charge in [-0.25, -0.2) is 0 Å². The van der Waals surface area contributed by atoms with Gasteiger partial charge < -0.3 is 14.9 Å². The minimum atomic E-state index is -0.357. The van der Waals surface area contributed by atoms with Gasteiger partial charge in [-0.15, -0.1) is 0 Å². The summed E-state index contributed by atoms with van der Waals surface area (Å²) in [5.74, 6) is -0.141. The van der Waals surface area contributed by atoms with Crippen molar-refractivity contribution in [2.75, 3.05) is 7.11 Å². The summed E-state index contributed by atoms with van der Waals surface area (Å²) in [5, 5.41) is 18.9. The van der Waals surface area contributed by atoms with Gasteiger partial charge in [-0.3, -0.25) is 9.59 Å². The predicted octanol–water partition coefficient (Wildman–Crippen LogP) is 4.12. The lowest BCUT2D eigenvalue weighted by atomic mass is 10.1. The van der Waals surface area contributed by atoms with Crippen LogP contribution in [0.4, 0.5) is 0 Å². The van der Waals surface area contributed by atoms with Gasteiger partial charge in [-0.2, -0.15) is 0 Å². The number of halogens is 1. The van der Waals surface area contributed by atoms with Crippen molar-refractivity contribution >= 4 is 39.6 Å². The third kappa shape index (κ3) is 5.60. The topological polar surface area (TPSA) is 83.8 Å². The number of phenols is 2. The predicted molar refractivity (Wildman–Crippen MR) is 103 cm³/mol. The summed E-state index contributed by atoms with van der Waals surface area (Å²) in [5.41, 5.74) is 1.25. The number of benzene rings is 2. The zero-order valence-corrected chi connectivity index (χ0v) is 15.6. The second kappa shape index (κ2) is 9.01. The minimum Gasteiger partial charge on any atom is -0.508 e. The first-order valence-electron chi connectivity index (χ1n) is 7.66. The first kappa shape index (κ1) is 19.5. The van der Waals surface area contributed by atoms with Crippen molar-refractivity contribution in [1.29, 1.82) is 0 Å². The maximum atomic E-state index is 11.9. The Labute approximate surface area is 159 Å². The van der Waals surface area contributed by atoms with Crippen LogP contribution < -0.4 is 4.74 Å². The van der Waals surface area contributed by atoms with E-state index in [0.29, 0.717) is 16.9 Å². The van der Waals surface area contributed by atoms with E-state index in [2.05, 4.69) is 15.9 Å². The van der Waals surface area contributed by atoms with Crippen LogP contribution in [0.15, 0.2) is 53.0 Å². The largest absolute Gasteiger partial charge is 0.508 e. The second-order valence-electron chi connectivity index (χ2n) is 5.41. The van der Waals surface area contributed by atoms with Gasteiger partial charge in [0.15, 0.2) is 11.6 Å². The quantitative estimate of drug-likeness (QED) is 0.523. The van der Waals surface area contributed by atoms with Gasteiger partial charge in [0.1, 0.15) is 17.2 Å². The number of methoxy groups -OCH3 is 1. The van der Waals surface area contributed by atoms with E-state index >= 15 is 0 Å².